The summed E-state index contributed by atoms with van der Waals surface area (Å²) in [7, 11) is 0. The Balaban J connectivity index is 1.78. The van der Waals surface area contributed by atoms with Crippen LogP contribution in [0.4, 0.5) is 0 Å². The molecular weight excluding hydrogens is 282 g/mol. The first-order valence-electron chi connectivity index (χ1n) is 7.56. The maximum Gasteiger partial charge on any atom is 0.154 e. The Morgan fingerprint density at radius 3 is 2.32 bits per heavy atom. The first kappa shape index (κ1) is 13.7. The van der Waals surface area contributed by atoms with Crippen LogP contribution in [0.25, 0.3) is 0 Å². The number of hydrogen-bond donors (Lipinski definition) is 1. The molecule has 4 unspecified atom stereocenters. The third kappa shape index (κ3) is 1.66. The minimum atomic E-state index is -0.714. The van der Waals surface area contributed by atoms with E-state index in [1.54, 1.807) is 12.1 Å². The SMILES string of the molecule is CCc1ccc(ON)cc1C1C(=O)C2C3C=CC(O3)C2C1=O. The third-order valence-corrected chi connectivity index (χ3v) is 5.07. The molecule has 4 atom stereocenters. The highest BCUT2D eigenvalue weighted by Crippen LogP contribution is 2.50. The number of carbonyl (C=O) groups excluding carboxylic acids is 2. The van der Waals surface area contributed by atoms with Crippen molar-refractivity contribution in [1.82, 2.24) is 0 Å². The van der Waals surface area contributed by atoms with Crippen molar-refractivity contribution >= 4 is 11.6 Å². The van der Waals surface area contributed by atoms with E-state index in [2.05, 4.69) is 0 Å². The van der Waals surface area contributed by atoms with E-state index in [1.165, 1.54) is 0 Å². The molecule has 0 spiro atoms. The number of ketones is 2. The summed E-state index contributed by atoms with van der Waals surface area (Å²) in [6, 6.07) is 5.34. The average Bonchev–Trinajstić information content (AvgIpc) is 3.21. The first-order valence-corrected chi connectivity index (χ1v) is 7.56. The number of carbonyl (C=O) groups is 2. The van der Waals surface area contributed by atoms with E-state index < -0.39 is 5.92 Å². The summed E-state index contributed by atoms with van der Waals surface area (Å²) in [5.41, 5.74) is 1.71. The lowest BCUT2D eigenvalue weighted by molar-refractivity contribution is -0.127. The first-order chi connectivity index (χ1) is 10.7. The summed E-state index contributed by atoms with van der Waals surface area (Å²) in [5, 5.41) is 0. The lowest BCUT2D eigenvalue weighted by Crippen LogP contribution is -2.26. The molecule has 2 fully saturated rings. The number of aryl methyl sites for hydroxylation is 1. The highest BCUT2D eigenvalue weighted by molar-refractivity contribution is 6.17. The molecule has 2 bridgehead atoms. The summed E-state index contributed by atoms with van der Waals surface area (Å²) in [5.74, 6) is 4.24. The fourth-order valence-electron chi connectivity index (χ4n) is 4.06. The van der Waals surface area contributed by atoms with Crippen LogP contribution in [0.15, 0.2) is 30.4 Å². The number of rotatable bonds is 3. The fourth-order valence-corrected chi connectivity index (χ4v) is 4.06. The van der Waals surface area contributed by atoms with Crippen LogP contribution >= 0.6 is 0 Å². The van der Waals surface area contributed by atoms with Crippen molar-refractivity contribution in [3.05, 3.63) is 41.5 Å². The van der Waals surface area contributed by atoms with Gasteiger partial charge in [0, 0.05) is 0 Å². The molecule has 1 aromatic carbocycles. The Morgan fingerprint density at radius 2 is 1.77 bits per heavy atom. The number of benzene rings is 1. The van der Waals surface area contributed by atoms with E-state index >= 15 is 0 Å². The van der Waals surface area contributed by atoms with Crippen molar-refractivity contribution in [2.24, 2.45) is 17.7 Å². The standard InChI is InChI=1S/C17H17NO4/c1-2-8-3-4-9(22-18)7-10(8)13-16(19)14-11-5-6-12(21-11)15(14)17(13)20/h3-7,11-15H,2,18H2,1H3. The fraction of sp³-hybridized carbons (Fsp3) is 0.412. The van der Waals surface area contributed by atoms with Gasteiger partial charge < -0.3 is 9.57 Å². The van der Waals surface area contributed by atoms with Gasteiger partial charge in [0.1, 0.15) is 11.7 Å². The van der Waals surface area contributed by atoms with Gasteiger partial charge in [-0.25, -0.2) is 0 Å². The second kappa shape index (κ2) is 4.76. The van der Waals surface area contributed by atoms with Crippen LogP contribution in [0, 0.1) is 11.8 Å². The molecule has 22 heavy (non-hydrogen) atoms. The molecule has 1 saturated carbocycles. The van der Waals surface area contributed by atoms with Gasteiger partial charge in [-0.1, -0.05) is 25.1 Å². The molecule has 5 nitrogen and oxygen atoms in total. The molecule has 1 aliphatic carbocycles. The van der Waals surface area contributed by atoms with Crippen molar-refractivity contribution < 1.29 is 19.2 Å². The van der Waals surface area contributed by atoms with Gasteiger partial charge in [0.25, 0.3) is 0 Å². The monoisotopic (exact) mass is 299 g/mol. The van der Waals surface area contributed by atoms with Crippen molar-refractivity contribution in [3.63, 3.8) is 0 Å². The molecule has 0 radical (unpaired) electrons. The van der Waals surface area contributed by atoms with Gasteiger partial charge in [-0.3, -0.25) is 9.59 Å². The zero-order chi connectivity index (χ0) is 15.4. The number of hydrogen-bond acceptors (Lipinski definition) is 5. The topological polar surface area (TPSA) is 78.6 Å². The highest BCUT2D eigenvalue weighted by atomic mass is 16.6. The molecule has 0 amide bonds. The van der Waals surface area contributed by atoms with Crippen LogP contribution in [-0.2, 0) is 20.7 Å². The minimum Gasteiger partial charge on any atom is -0.412 e. The maximum atomic E-state index is 12.8. The minimum absolute atomic E-state index is 0.0317. The molecule has 114 valence electrons. The van der Waals surface area contributed by atoms with Gasteiger partial charge in [0.15, 0.2) is 11.6 Å². The summed E-state index contributed by atoms with van der Waals surface area (Å²) >= 11 is 0. The van der Waals surface area contributed by atoms with Crippen molar-refractivity contribution in [1.29, 1.82) is 0 Å². The van der Waals surface area contributed by atoms with Crippen LogP contribution < -0.4 is 10.7 Å². The predicted molar refractivity (Wildman–Crippen MR) is 78.2 cm³/mol. The Labute approximate surface area is 128 Å². The molecular formula is C17H17NO4. The summed E-state index contributed by atoms with van der Waals surface area (Å²) < 4.78 is 5.67. The maximum absolute atomic E-state index is 12.8. The molecule has 1 saturated heterocycles. The highest BCUT2D eigenvalue weighted by Gasteiger charge is 2.61. The Kier molecular flexibility index (Phi) is 2.96. The van der Waals surface area contributed by atoms with Gasteiger partial charge in [0.05, 0.1) is 24.0 Å². The average molecular weight is 299 g/mol. The molecule has 4 rings (SSSR count). The van der Waals surface area contributed by atoms with Gasteiger partial charge in [-0.2, -0.15) is 5.90 Å². The third-order valence-electron chi connectivity index (χ3n) is 5.07. The van der Waals surface area contributed by atoms with Gasteiger partial charge in [-0.05, 0) is 29.7 Å². The van der Waals surface area contributed by atoms with E-state index in [1.807, 2.05) is 25.1 Å². The van der Waals surface area contributed by atoms with Gasteiger partial charge in [-0.15, -0.1) is 0 Å². The number of Topliss-reactive ketones (excluding diaryl/α,β-unsaturated/α-hetero) is 2. The van der Waals surface area contributed by atoms with E-state index in [4.69, 9.17) is 15.5 Å². The van der Waals surface area contributed by atoms with Crippen LogP contribution in [0.1, 0.15) is 24.0 Å². The van der Waals surface area contributed by atoms with Gasteiger partial charge >= 0.3 is 0 Å². The number of nitrogens with two attached hydrogens (primary N) is 1. The molecule has 3 aliphatic rings. The Morgan fingerprint density at radius 1 is 1.14 bits per heavy atom. The largest absolute Gasteiger partial charge is 0.412 e. The Bertz CT molecular complexity index is 666. The van der Waals surface area contributed by atoms with Crippen molar-refractivity contribution in [2.45, 2.75) is 31.5 Å². The summed E-state index contributed by atoms with van der Waals surface area (Å²) in [6.45, 7) is 2.00. The van der Waals surface area contributed by atoms with Crippen LogP contribution in [-0.4, -0.2) is 23.8 Å². The molecule has 0 aromatic heterocycles. The normalized spacial score (nSPS) is 35.3. The zero-order valence-corrected chi connectivity index (χ0v) is 12.2. The molecule has 2 heterocycles. The zero-order valence-electron chi connectivity index (χ0n) is 12.2. The molecule has 5 heteroatoms. The van der Waals surface area contributed by atoms with E-state index in [0.29, 0.717) is 5.75 Å². The lowest BCUT2D eigenvalue weighted by atomic mass is 9.85. The van der Waals surface area contributed by atoms with Crippen LogP contribution in [0.2, 0.25) is 0 Å². The van der Waals surface area contributed by atoms with E-state index in [-0.39, 0.29) is 35.6 Å². The quantitative estimate of drug-likeness (QED) is 0.517. The second-order valence-corrected chi connectivity index (χ2v) is 6.07. The Hall–Kier alpha value is -1.98. The molecule has 2 N–H and O–H groups in total. The number of fused-ring (bicyclic) bond motifs is 5. The predicted octanol–water partition coefficient (Wildman–Crippen LogP) is 1.31. The molecule has 2 aliphatic heterocycles. The van der Waals surface area contributed by atoms with Crippen LogP contribution in [0.3, 0.4) is 0 Å². The molecule has 1 aromatic rings. The summed E-state index contributed by atoms with van der Waals surface area (Å²) in [4.78, 5) is 30.5. The second-order valence-electron chi connectivity index (χ2n) is 6.07. The summed E-state index contributed by atoms with van der Waals surface area (Å²) in [6.07, 6.45) is 4.07. The van der Waals surface area contributed by atoms with Gasteiger partial charge in [0.2, 0.25) is 0 Å². The smallest absolute Gasteiger partial charge is 0.154 e. The number of ether oxygens (including phenoxy) is 1. The lowest BCUT2D eigenvalue weighted by Gasteiger charge is -2.16. The van der Waals surface area contributed by atoms with E-state index in [0.717, 1.165) is 17.5 Å². The van der Waals surface area contributed by atoms with Crippen molar-refractivity contribution in [3.8, 4) is 5.75 Å². The van der Waals surface area contributed by atoms with Crippen LogP contribution in [0.5, 0.6) is 5.75 Å². The van der Waals surface area contributed by atoms with E-state index in [9.17, 15) is 9.59 Å². The van der Waals surface area contributed by atoms with Crippen molar-refractivity contribution in [2.75, 3.05) is 0 Å².